The molecule has 1 aromatic rings. The molecule has 0 aromatic heterocycles. The highest BCUT2D eigenvalue weighted by Crippen LogP contribution is 2.18. The SMILES string of the molecule is CCC(C)C(=O)Nc1ccc(I)cc1C. The summed E-state index contributed by atoms with van der Waals surface area (Å²) in [5.74, 6) is 0.172. The van der Waals surface area contributed by atoms with Crippen LogP contribution < -0.4 is 5.32 Å². The van der Waals surface area contributed by atoms with Crippen LogP contribution in [0, 0.1) is 16.4 Å². The normalized spacial score (nSPS) is 12.3. The van der Waals surface area contributed by atoms with Crippen LogP contribution >= 0.6 is 22.6 Å². The highest BCUT2D eigenvalue weighted by molar-refractivity contribution is 14.1. The molecule has 0 bridgehead atoms. The third-order valence-corrected chi connectivity index (χ3v) is 3.18. The van der Waals surface area contributed by atoms with Crippen LogP contribution in [0.15, 0.2) is 18.2 Å². The Hall–Kier alpha value is -0.580. The van der Waals surface area contributed by atoms with Gasteiger partial charge in [0, 0.05) is 15.2 Å². The van der Waals surface area contributed by atoms with Crippen LogP contribution in [0.2, 0.25) is 0 Å². The first-order valence-electron chi connectivity index (χ1n) is 5.11. The van der Waals surface area contributed by atoms with Gasteiger partial charge in [0.25, 0.3) is 0 Å². The van der Waals surface area contributed by atoms with Gasteiger partial charge in [0.2, 0.25) is 5.91 Å². The van der Waals surface area contributed by atoms with Crippen LogP contribution in [0.25, 0.3) is 0 Å². The second kappa shape index (κ2) is 5.49. The molecule has 2 nitrogen and oxygen atoms in total. The van der Waals surface area contributed by atoms with Crippen molar-refractivity contribution in [2.24, 2.45) is 5.92 Å². The molecule has 0 aliphatic rings. The van der Waals surface area contributed by atoms with Crippen LogP contribution in [0.4, 0.5) is 5.69 Å². The maximum atomic E-state index is 11.7. The van der Waals surface area contributed by atoms with Crippen molar-refractivity contribution in [3.05, 3.63) is 27.3 Å². The lowest BCUT2D eigenvalue weighted by molar-refractivity contribution is -0.119. The zero-order valence-electron chi connectivity index (χ0n) is 9.30. The summed E-state index contributed by atoms with van der Waals surface area (Å²) in [7, 11) is 0. The molecule has 82 valence electrons. The number of carbonyl (C=O) groups is 1. The lowest BCUT2D eigenvalue weighted by Crippen LogP contribution is -2.20. The van der Waals surface area contributed by atoms with Crippen molar-refractivity contribution < 1.29 is 4.79 Å². The summed E-state index contributed by atoms with van der Waals surface area (Å²) in [5.41, 5.74) is 2.03. The molecule has 0 saturated heterocycles. The summed E-state index contributed by atoms with van der Waals surface area (Å²) in [5, 5.41) is 2.95. The van der Waals surface area contributed by atoms with E-state index in [9.17, 15) is 4.79 Å². The molecule has 1 amide bonds. The number of hydrogen-bond donors (Lipinski definition) is 1. The van der Waals surface area contributed by atoms with Gasteiger partial charge in [-0.2, -0.15) is 0 Å². The van der Waals surface area contributed by atoms with Gasteiger partial charge < -0.3 is 5.32 Å². The molecule has 1 atom stereocenters. The second-order valence-electron chi connectivity index (χ2n) is 3.76. The van der Waals surface area contributed by atoms with Crippen molar-refractivity contribution in [2.45, 2.75) is 27.2 Å². The predicted molar refractivity (Wildman–Crippen MR) is 72.0 cm³/mol. The van der Waals surface area contributed by atoms with Crippen LogP contribution in [0.1, 0.15) is 25.8 Å². The minimum Gasteiger partial charge on any atom is -0.326 e. The Morgan fingerprint density at radius 3 is 2.73 bits per heavy atom. The summed E-state index contributed by atoms with van der Waals surface area (Å²) >= 11 is 2.26. The van der Waals surface area contributed by atoms with Crippen molar-refractivity contribution in [1.82, 2.24) is 0 Å². The molecule has 0 radical (unpaired) electrons. The molecular weight excluding hydrogens is 301 g/mol. The van der Waals surface area contributed by atoms with Gasteiger partial charge in [0.05, 0.1) is 0 Å². The lowest BCUT2D eigenvalue weighted by atomic mass is 10.1. The molecule has 1 unspecified atom stereocenters. The third kappa shape index (κ3) is 3.48. The van der Waals surface area contributed by atoms with Gasteiger partial charge in [-0.25, -0.2) is 0 Å². The van der Waals surface area contributed by atoms with E-state index in [1.807, 2.05) is 32.9 Å². The maximum Gasteiger partial charge on any atom is 0.227 e. The summed E-state index contributed by atoms with van der Waals surface area (Å²) in [4.78, 5) is 11.7. The van der Waals surface area contributed by atoms with E-state index in [-0.39, 0.29) is 11.8 Å². The standard InChI is InChI=1S/C12H16INO/c1-4-8(2)12(15)14-11-6-5-10(13)7-9(11)3/h5-8H,4H2,1-3H3,(H,14,15). The Morgan fingerprint density at radius 1 is 1.53 bits per heavy atom. The minimum atomic E-state index is 0.0729. The average Bonchev–Trinajstić information content (AvgIpc) is 2.20. The number of anilines is 1. The smallest absolute Gasteiger partial charge is 0.227 e. The Balaban J connectivity index is 2.77. The van der Waals surface area contributed by atoms with Crippen LogP contribution in [-0.2, 0) is 4.79 Å². The fourth-order valence-corrected chi connectivity index (χ4v) is 1.86. The van der Waals surface area contributed by atoms with E-state index >= 15 is 0 Å². The highest BCUT2D eigenvalue weighted by Gasteiger charge is 2.11. The van der Waals surface area contributed by atoms with E-state index < -0.39 is 0 Å². The van der Waals surface area contributed by atoms with Gasteiger partial charge in [-0.3, -0.25) is 4.79 Å². The Bertz CT molecular complexity index is 363. The molecular formula is C12H16INO. The minimum absolute atomic E-state index is 0.0729. The largest absolute Gasteiger partial charge is 0.326 e. The highest BCUT2D eigenvalue weighted by atomic mass is 127. The molecule has 0 heterocycles. The van der Waals surface area contributed by atoms with E-state index in [1.54, 1.807) is 0 Å². The number of amides is 1. The van der Waals surface area contributed by atoms with E-state index in [1.165, 1.54) is 3.57 Å². The molecule has 0 aliphatic carbocycles. The fourth-order valence-electron chi connectivity index (χ4n) is 1.21. The van der Waals surface area contributed by atoms with Gasteiger partial charge in [0.1, 0.15) is 0 Å². The number of carbonyl (C=O) groups excluding carboxylic acids is 1. The topological polar surface area (TPSA) is 29.1 Å². The number of halogens is 1. The second-order valence-corrected chi connectivity index (χ2v) is 5.00. The van der Waals surface area contributed by atoms with Crippen molar-refractivity contribution in [2.75, 3.05) is 5.32 Å². The first-order chi connectivity index (χ1) is 7.04. The van der Waals surface area contributed by atoms with Crippen molar-refractivity contribution in [3.8, 4) is 0 Å². The number of hydrogen-bond acceptors (Lipinski definition) is 1. The third-order valence-electron chi connectivity index (χ3n) is 2.51. The van der Waals surface area contributed by atoms with E-state index in [0.29, 0.717) is 0 Å². The van der Waals surface area contributed by atoms with E-state index in [4.69, 9.17) is 0 Å². The number of rotatable bonds is 3. The lowest BCUT2D eigenvalue weighted by Gasteiger charge is -2.12. The van der Waals surface area contributed by atoms with E-state index in [0.717, 1.165) is 17.7 Å². The molecule has 0 spiro atoms. The molecule has 1 rings (SSSR count). The Kier molecular flexibility index (Phi) is 4.57. The Morgan fingerprint density at radius 2 is 2.20 bits per heavy atom. The Labute approximate surface area is 105 Å². The molecule has 3 heteroatoms. The first-order valence-corrected chi connectivity index (χ1v) is 6.19. The van der Waals surface area contributed by atoms with Gasteiger partial charge in [-0.1, -0.05) is 13.8 Å². The van der Waals surface area contributed by atoms with Crippen LogP contribution in [0.5, 0.6) is 0 Å². The zero-order valence-corrected chi connectivity index (χ0v) is 11.5. The molecule has 0 saturated carbocycles. The van der Waals surface area contributed by atoms with Gasteiger partial charge >= 0.3 is 0 Å². The number of nitrogens with one attached hydrogen (secondary N) is 1. The van der Waals surface area contributed by atoms with Crippen molar-refractivity contribution in [1.29, 1.82) is 0 Å². The van der Waals surface area contributed by atoms with E-state index in [2.05, 4.69) is 34.0 Å². The molecule has 0 aliphatic heterocycles. The fraction of sp³-hybridized carbons (Fsp3) is 0.417. The molecule has 1 aromatic carbocycles. The van der Waals surface area contributed by atoms with Crippen LogP contribution in [0.3, 0.4) is 0 Å². The summed E-state index contributed by atoms with van der Waals surface area (Å²) in [6.07, 6.45) is 0.870. The summed E-state index contributed by atoms with van der Waals surface area (Å²) in [6.45, 7) is 5.97. The zero-order chi connectivity index (χ0) is 11.4. The summed E-state index contributed by atoms with van der Waals surface area (Å²) < 4.78 is 1.19. The van der Waals surface area contributed by atoms with Gasteiger partial charge in [-0.05, 0) is 59.7 Å². The van der Waals surface area contributed by atoms with Crippen LogP contribution in [-0.4, -0.2) is 5.91 Å². The molecule has 1 N–H and O–H groups in total. The average molecular weight is 317 g/mol. The van der Waals surface area contributed by atoms with Gasteiger partial charge in [0.15, 0.2) is 0 Å². The maximum absolute atomic E-state index is 11.7. The monoisotopic (exact) mass is 317 g/mol. The first kappa shape index (κ1) is 12.5. The molecule has 0 fully saturated rings. The predicted octanol–water partition coefficient (Wildman–Crippen LogP) is 3.58. The molecule has 15 heavy (non-hydrogen) atoms. The van der Waals surface area contributed by atoms with Gasteiger partial charge in [-0.15, -0.1) is 0 Å². The number of benzene rings is 1. The quantitative estimate of drug-likeness (QED) is 0.848. The number of aryl methyl sites for hydroxylation is 1. The van der Waals surface area contributed by atoms with Crippen molar-refractivity contribution in [3.63, 3.8) is 0 Å². The van der Waals surface area contributed by atoms with Crippen molar-refractivity contribution >= 4 is 34.2 Å². The summed E-state index contributed by atoms with van der Waals surface area (Å²) in [6, 6.07) is 6.02.